The fourth-order valence-electron chi connectivity index (χ4n) is 3.05. The number of methoxy groups -OCH3 is 1. The number of carbonyl (C=O) groups is 1. The van der Waals surface area contributed by atoms with Crippen molar-refractivity contribution >= 4 is 5.97 Å². The molecule has 0 aromatic carbocycles. The Morgan fingerprint density at radius 1 is 1.38 bits per heavy atom. The number of rotatable bonds is 2. The van der Waals surface area contributed by atoms with Crippen molar-refractivity contribution in [2.24, 2.45) is 17.8 Å². The van der Waals surface area contributed by atoms with Crippen molar-refractivity contribution in [3.63, 3.8) is 0 Å². The van der Waals surface area contributed by atoms with E-state index in [1.165, 1.54) is 39.2 Å². The van der Waals surface area contributed by atoms with E-state index in [0.29, 0.717) is 12.3 Å². The number of hydrogen-bond acceptors (Lipinski definition) is 2. The maximum atomic E-state index is 11.1. The van der Waals surface area contributed by atoms with E-state index in [0.717, 1.165) is 11.8 Å². The van der Waals surface area contributed by atoms with Gasteiger partial charge < -0.3 is 4.74 Å². The molecule has 2 rings (SSSR count). The number of carbonyl (C=O) groups excluding carboxylic acids is 1. The van der Waals surface area contributed by atoms with E-state index in [2.05, 4.69) is 0 Å². The molecule has 0 spiro atoms. The lowest BCUT2D eigenvalue weighted by Crippen LogP contribution is -2.40. The SMILES string of the molecule is COC(=O)CC1C[C@@H]2CCCC[C@H]12. The first-order chi connectivity index (χ1) is 6.31. The summed E-state index contributed by atoms with van der Waals surface area (Å²) in [5.41, 5.74) is 0. The van der Waals surface area contributed by atoms with Crippen molar-refractivity contribution in [1.29, 1.82) is 0 Å². The maximum Gasteiger partial charge on any atom is 0.305 e. The third kappa shape index (κ3) is 1.72. The average molecular weight is 182 g/mol. The van der Waals surface area contributed by atoms with Gasteiger partial charge in [-0.3, -0.25) is 4.79 Å². The second kappa shape index (κ2) is 3.69. The Kier molecular flexibility index (Phi) is 2.56. The highest BCUT2D eigenvalue weighted by molar-refractivity contribution is 5.69. The van der Waals surface area contributed by atoms with Crippen LogP contribution in [0.2, 0.25) is 0 Å². The van der Waals surface area contributed by atoms with Gasteiger partial charge in [0.1, 0.15) is 0 Å². The molecule has 0 aromatic heterocycles. The van der Waals surface area contributed by atoms with Gasteiger partial charge in [0.25, 0.3) is 0 Å². The first-order valence-electron chi connectivity index (χ1n) is 5.38. The summed E-state index contributed by atoms with van der Waals surface area (Å²) in [6.45, 7) is 0. The second-order valence-corrected chi connectivity index (χ2v) is 4.48. The van der Waals surface area contributed by atoms with Crippen LogP contribution in [0.25, 0.3) is 0 Å². The molecular weight excluding hydrogens is 164 g/mol. The maximum absolute atomic E-state index is 11.1. The minimum absolute atomic E-state index is 0.0194. The third-order valence-electron chi connectivity index (χ3n) is 3.84. The van der Waals surface area contributed by atoms with Gasteiger partial charge in [-0.2, -0.15) is 0 Å². The van der Waals surface area contributed by atoms with Crippen LogP contribution in [0, 0.1) is 17.8 Å². The molecular formula is C11H18O2. The molecule has 1 unspecified atom stereocenters. The molecule has 74 valence electrons. The van der Waals surface area contributed by atoms with Crippen molar-refractivity contribution in [3.05, 3.63) is 0 Å². The zero-order valence-electron chi connectivity index (χ0n) is 8.29. The van der Waals surface area contributed by atoms with Crippen LogP contribution in [-0.2, 0) is 9.53 Å². The summed E-state index contributed by atoms with van der Waals surface area (Å²) in [6, 6.07) is 0. The van der Waals surface area contributed by atoms with E-state index < -0.39 is 0 Å². The second-order valence-electron chi connectivity index (χ2n) is 4.48. The molecule has 2 saturated carbocycles. The van der Waals surface area contributed by atoms with Gasteiger partial charge >= 0.3 is 5.97 Å². The monoisotopic (exact) mass is 182 g/mol. The molecule has 0 heterocycles. The Morgan fingerprint density at radius 2 is 2.15 bits per heavy atom. The summed E-state index contributed by atoms with van der Waals surface area (Å²) >= 11 is 0. The van der Waals surface area contributed by atoms with Crippen molar-refractivity contribution in [1.82, 2.24) is 0 Å². The van der Waals surface area contributed by atoms with E-state index in [-0.39, 0.29) is 5.97 Å². The van der Waals surface area contributed by atoms with E-state index in [1.807, 2.05) is 0 Å². The van der Waals surface area contributed by atoms with E-state index in [1.54, 1.807) is 0 Å². The molecule has 0 bridgehead atoms. The number of fused-ring (bicyclic) bond motifs is 1. The third-order valence-corrected chi connectivity index (χ3v) is 3.84. The predicted molar refractivity (Wildman–Crippen MR) is 50.2 cm³/mol. The highest BCUT2D eigenvalue weighted by Gasteiger charge is 2.42. The number of esters is 1. The Hall–Kier alpha value is -0.530. The normalized spacial score (nSPS) is 37.5. The van der Waals surface area contributed by atoms with Crippen LogP contribution in [0.3, 0.4) is 0 Å². The van der Waals surface area contributed by atoms with E-state index in [4.69, 9.17) is 4.74 Å². The zero-order chi connectivity index (χ0) is 9.26. The lowest BCUT2D eigenvalue weighted by Gasteiger charge is -2.47. The highest BCUT2D eigenvalue weighted by atomic mass is 16.5. The summed E-state index contributed by atoms with van der Waals surface area (Å²) in [7, 11) is 1.49. The minimum Gasteiger partial charge on any atom is -0.469 e. The summed E-state index contributed by atoms with van der Waals surface area (Å²) < 4.78 is 4.70. The van der Waals surface area contributed by atoms with Crippen LogP contribution < -0.4 is 0 Å². The van der Waals surface area contributed by atoms with Gasteiger partial charge in [0.2, 0.25) is 0 Å². The molecule has 2 fully saturated rings. The molecule has 0 saturated heterocycles. The van der Waals surface area contributed by atoms with Crippen LogP contribution in [0.15, 0.2) is 0 Å². The molecule has 0 aromatic rings. The van der Waals surface area contributed by atoms with Gasteiger partial charge in [0.05, 0.1) is 7.11 Å². The molecule has 0 amide bonds. The molecule has 2 heteroatoms. The van der Waals surface area contributed by atoms with Gasteiger partial charge in [0.15, 0.2) is 0 Å². The van der Waals surface area contributed by atoms with Crippen LogP contribution in [0.5, 0.6) is 0 Å². The quantitative estimate of drug-likeness (QED) is 0.613. The molecule has 2 aliphatic rings. The summed E-state index contributed by atoms with van der Waals surface area (Å²) in [5, 5.41) is 0. The van der Waals surface area contributed by atoms with E-state index >= 15 is 0 Å². The summed E-state index contributed by atoms with van der Waals surface area (Å²) in [4.78, 5) is 11.1. The zero-order valence-corrected chi connectivity index (χ0v) is 8.29. The molecule has 2 aliphatic carbocycles. The standard InChI is InChI=1S/C11H18O2/c1-13-11(12)7-9-6-8-4-2-3-5-10(8)9/h8-10H,2-7H2,1H3/t8-,9?,10-/m0/s1. The average Bonchev–Trinajstić information content (AvgIpc) is 2.14. The Bertz CT molecular complexity index is 200. The Morgan fingerprint density at radius 3 is 2.85 bits per heavy atom. The lowest BCUT2D eigenvalue weighted by molar-refractivity contribution is -0.144. The van der Waals surface area contributed by atoms with E-state index in [9.17, 15) is 4.79 Å². The fraction of sp³-hybridized carbons (Fsp3) is 0.909. The highest BCUT2D eigenvalue weighted by Crippen LogP contribution is 2.50. The minimum atomic E-state index is -0.0194. The van der Waals surface area contributed by atoms with Gasteiger partial charge in [-0.05, 0) is 30.6 Å². The van der Waals surface area contributed by atoms with Gasteiger partial charge in [-0.25, -0.2) is 0 Å². The van der Waals surface area contributed by atoms with Crippen LogP contribution in [0.4, 0.5) is 0 Å². The van der Waals surface area contributed by atoms with Crippen molar-refractivity contribution in [2.45, 2.75) is 38.5 Å². The van der Waals surface area contributed by atoms with Gasteiger partial charge in [-0.1, -0.05) is 19.3 Å². The molecule has 0 N–H and O–H groups in total. The summed E-state index contributed by atoms with van der Waals surface area (Å²) in [6.07, 6.45) is 7.48. The van der Waals surface area contributed by atoms with Crippen molar-refractivity contribution in [3.8, 4) is 0 Å². The summed E-state index contributed by atoms with van der Waals surface area (Å²) in [5.74, 6) is 2.43. The van der Waals surface area contributed by atoms with Gasteiger partial charge in [-0.15, -0.1) is 0 Å². The van der Waals surface area contributed by atoms with Gasteiger partial charge in [0, 0.05) is 6.42 Å². The molecule has 0 aliphatic heterocycles. The largest absolute Gasteiger partial charge is 0.469 e. The number of ether oxygens (including phenoxy) is 1. The molecule has 0 radical (unpaired) electrons. The first kappa shape index (κ1) is 9.04. The molecule has 2 nitrogen and oxygen atoms in total. The fourth-order valence-corrected chi connectivity index (χ4v) is 3.05. The smallest absolute Gasteiger partial charge is 0.305 e. The lowest BCUT2D eigenvalue weighted by atomic mass is 9.58. The molecule has 3 atom stereocenters. The number of hydrogen-bond donors (Lipinski definition) is 0. The molecule has 13 heavy (non-hydrogen) atoms. The Balaban J connectivity index is 1.80. The Labute approximate surface area is 79.7 Å². The van der Waals surface area contributed by atoms with Crippen LogP contribution in [-0.4, -0.2) is 13.1 Å². The topological polar surface area (TPSA) is 26.3 Å². The van der Waals surface area contributed by atoms with Crippen molar-refractivity contribution < 1.29 is 9.53 Å². The van der Waals surface area contributed by atoms with Crippen LogP contribution >= 0.6 is 0 Å². The first-order valence-corrected chi connectivity index (χ1v) is 5.38. The van der Waals surface area contributed by atoms with Crippen LogP contribution in [0.1, 0.15) is 38.5 Å². The van der Waals surface area contributed by atoms with Crippen molar-refractivity contribution in [2.75, 3.05) is 7.11 Å². The predicted octanol–water partition coefficient (Wildman–Crippen LogP) is 2.38.